The fourth-order valence-electron chi connectivity index (χ4n) is 4.50. The number of nitrogens with one attached hydrogen (secondary N) is 2. The molecule has 2 atom stereocenters. The van der Waals surface area contributed by atoms with Crippen LogP contribution in [0.15, 0.2) is 42.6 Å². The third-order valence-corrected chi connectivity index (χ3v) is 5.62. The summed E-state index contributed by atoms with van der Waals surface area (Å²) in [4.78, 5) is 24.6. The van der Waals surface area contributed by atoms with Crippen molar-refractivity contribution in [3.05, 3.63) is 48.2 Å². The minimum atomic E-state index is -0.149. The molecule has 7 nitrogen and oxygen atoms in total. The van der Waals surface area contributed by atoms with Gasteiger partial charge in [0.05, 0.1) is 16.6 Å². The Balaban J connectivity index is 1.86. The fraction of sp³-hybridized carbons (Fsp3) is 0.318. The van der Waals surface area contributed by atoms with E-state index in [0.717, 1.165) is 40.8 Å². The zero-order valence-electron chi connectivity index (χ0n) is 16.8. The molecule has 2 N–H and O–H groups in total. The number of pyridine rings is 2. The summed E-state index contributed by atoms with van der Waals surface area (Å²) >= 11 is 0. The Bertz CT molecular complexity index is 1240. The highest BCUT2D eigenvalue weighted by molar-refractivity contribution is 6.07. The van der Waals surface area contributed by atoms with Gasteiger partial charge in [-0.15, -0.1) is 0 Å². The van der Waals surface area contributed by atoms with Crippen molar-refractivity contribution in [3.8, 4) is 0 Å². The first-order chi connectivity index (χ1) is 14.1. The number of rotatable bonds is 2. The van der Waals surface area contributed by atoms with Gasteiger partial charge in [-0.2, -0.15) is 0 Å². The van der Waals surface area contributed by atoms with Crippen LogP contribution in [0.5, 0.6) is 0 Å². The van der Waals surface area contributed by atoms with E-state index in [1.54, 1.807) is 7.05 Å². The van der Waals surface area contributed by atoms with Crippen LogP contribution in [-0.4, -0.2) is 52.5 Å². The van der Waals surface area contributed by atoms with Gasteiger partial charge < -0.3 is 15.5 Å². The van der Waals surface area contributed by atoms with Gasteiger partial charge in [-0.25, -0.2) is 9.97 Å². The maximum atomic E-state index is 12.7. The van der Waals surface area contributed by atoms with Crippen molar-refractivity contribution in [2.75, 3.05) is 25.0 Å². The molecule has 0 saturated carbocycles. The topological polar surface area (TPSA) is 74.6 Å². The van der Waals surface area contributed by atoms with Crippen LogP contribution in [0.1, 0.15) is 24.2 Å². The molecule has 7 heteroatoms. The zero-order chi connectivity index (χ0) is 20.1. The molecule has 0 bridgehead atoms. The molecule has 1 fully saturated rings. The molecule has 2 unspecified atom stereocenters. The van der Waals surface area contributed by atoms with Crippen LogP contribution in [-0.2, 0) is 0 Å². The number of nitrogens with zero attached hydrogens (tertiary/aromatic N) is 4. The Kier molecular flexibility index (Phi) is 4.13. The molecule has 4 aromatic rings. The average Bonchev–Trinajstić information content (AvgIpc) is 3.11. The molecule has 1 aliphatic rings. The number of hydrogen-bond acceptors (Lipinski definition) is 5. The Morgan fingerprint density at radius 1 is 1.14 bits per heavy atom. The molecule has 1 saturated heterocycles. The second-order valence-corrected chi connectivity index (χ2v) is 7.84. The van der Waals surface area contributed by atoms with E-state index >= 15 is 0 Å². The van der Waals surface area contributed by atoms with Gasteiger partial charge in [0.25, 0.3) is 5.91 Å². The van der Waals surface area contributed by atoms with Crippen LogP contribution >= 0.6 is 0 Å². The van der Waals surface area contributed by atoms with E-state index in [-0.39, 0.29) is 5.91 Å². The van der Waals surface area contributed by atoms with E-state index in [0.29, 0.717) is 23.3 Å². The lowest BCUT2D eigenvalue weighted by Gasteiger charge is -2.38. The van der Waals surface area contributed by atoms with E-state index < -0.39 is 0 Å². The molecule has 1 amide bonds. The maximum Gasteiger partial charge on any atom is 0.254 e. The number of anilines is 1. The molecule has 4 heterocycles. The molecule has 5 rings (SSSR count). The standard InChI is InChI=1S/C22H24N6O/c1-13-11-27(12-14(2)25-13)18-8-9-24-20-15(18)10-16(22(29)23-3)21-26-17-6-4-5-7-19(17)28(20)21/h4-10,13-14,25H,11-12H2,1-3H3,(H,23,29). The molecule has 1 aromatic carbocycles. The van der Waals surface area contributed by atoms with Gasteiger partial charge >= 0.3 is 0 Å². The Hall–Kier alpha value is -3.19. The van der Waals surface area contributed by atoms with E-state index in [1.165, 1.54) is 0 Å². The first-order valence-electron chi connectivity index (χ1n) is 9.99. The van der Waals surface area contributed by atoms with Crippen LogP contribution in [0.3, 0.4) is 0 Å². The van der Waals surface area contributed by atoms with Crippen LogP contribution < -0.4 is 15.5 Å². The van der Waals surface area contributed by atoms with E-state index in [9.17, 15) is 4.79 Å². The number of benzene rings is 1. The molecule has 1 aliphatic heterocycles. The van der Waals surface area contributed by atoms with E-state index in [2.05, 4.69) is 29.4 Å². The first-order valence-corrected chi connectivity index (χ1v) is 9.99. The van der Waals surface area contributed by atoms with Gasteiger partial charge in [-0.3, -0.25) is 9.20 Å². The average molecular weight is 388 g/mol. The summed E-state index contributed by atoms with van der Waals surface area (Å²) in [5, 5.41) is 7.30. The number of amides is 1. The highest BCUT2D eigenvalue weighted by Gasteiger charge is 2.25. The highest BCUT2D eigenvalue weighted by Crippen LogP contribution is 2.32. The first kappa shape index (κ1) is 17.9. The Labute approximate surface area is 168 Å². The van der Waals surface area contributed by atoms with E-state index in [4.69, 9.17) is 9.97 Å². The number of carbonyl (C=O) groups excluding carboxylic acids is 1. The quantitative estimate of drug-likeness (QED) is 0.552. The monoisotopic (exact) mass is 388 g/mol. The Morgan fingerprint density at radius 3 is 2.66 bits per heavy atom. The highest BCUT2D eigenvalue weighted by atomic mass is 16.1. The number of imidazole rings is 1. The van der Waals surface area contributed by atoms with Crippen LogP contribution in [0.4, 0.5) is 5.69 Å². The normalized spacial score (nSPS) is 19.9. The molecule has 148 valence electrons. The molecule has 0 aliphatic carbocycles. The van der Waals surface area contributed by atoms with Crippen LogP contribution in [0.2, 0.25) is 0 Å². The summed E-state index contributed by atoms with van der Waals surface area (Å²) in [7, 11) is 1.65. The van der Waals surface area contributed by atoms with Gasteiger partial charge in [0.1, 0.15) is 5.65 Å². The van der Waals surface area contributed by atoms with Crippen molar-refractivity contribution < 1.29 is 4.79 Å². The number of fused-ring (bicyclic) bond motifs is 5. The number of hydrogen-bond donors (Lipinski definition) is 2. The third-order valence-electron chi connectivity index (χ3n) is 5.62. The maximum absolute atomic E-state index is 12.7. The lowest BCUT2D eigenvalue weighted by atomic mass is 10.1. The van der Waals surface area contributed by atoms with Gasteiger partial charge in [0, 0.05) is 49.5 Å². The second kappa shape index (κ2) is 6.70. The summed E-state index contributed by atoms with van der Waals surface area (Å²) in [6.45, 7) is 6.20. The molecule has 29 heavy (non-hydrogen) atoms. The van der Waals surface area contributed by atoms with Gasteiger partial charge in [-0.1, -0.05) is 12.1 Å². The molecule has 3 aromatic heterocycles. The number of carbonyl (C=O) groups is 1. The number of aromatic nitrogens is 3. The zero-order valence-corrected chi connectivity index (χ0v) is 16.8. The summed E-state index contributed by atoms with van der Waals surface area (Å²) < 4.78 is 2.01. The fourth-order valence-corrected chi connectivity index (χ4v) is 4.50. The SMILES string of the molecule is CNC(=O)c1cc2c(N3CC(C)NC(C)C3)ccnc2n2c1nc1ccccc12. The van der Waals surface area contributed by atoms with Crippen LogP contribution in [0, 0.1) is 0 Å². The van der Waals surface area contributed by atoms with Crippen molar-refractivity contribution in [3.63, 3.8) is 0 Å². The lowest BCUT2D eigenvalue weighted by Crippen LogP contribution is -2.54. The minimum absolute atomic E-state index is 0.149. The number of piperazine rings is 1. The van der Waals surface area contributed by atoms with Gasteiger partial charge in [-0.05, 0) is 38.1 Å². The van der Waals surface area contributed by atoms with Crippen molar-refractivity contribution in [2.45, 2.75) is 25.9 Å². The summed E-state index contributed by atoms with van der Waals surface area (Å²) in [6, 6.07) is 12.7. The van der Waals surface area contributed by atoms with Crippen molar-refractivity contribution in [1.82, 2.24) is 25.0 Å². The lowest BCUT2D eigenvalue weighted by molar-refractivity contribution is 0.0964. The summed E-state index contributed by atoms with van der Waals surface area (Å²) in [5.74, 6) is -0.149. The van der Waals surface area contributed by atoms with Crippen molar-refractivity contribution in [1.29, 1.82) is 0 Å². The predicted octanol–water partition coefficient (Wildman–Crippen LogP) is 2.58. The second-order valence-electron chi connectivity index (χ2n) is 7.84. The van der Waals surface area contributed by atoms with Gasteiger partial charge in [0.2, 0.25) is 0 Å². The number of para-hydroxylation sites is 2. The molecular weight excluding hydrogens is 364 g/mol. The van der Waals surface area contributed by atoms with Crippen molar-refractivity contribution >= 4 is 39.3 Å². The molecular formula is C22H24N6O. The summed E-state index contributed by atoms with van der Waals surface area (Å²) in [6.07, 6.45) is 1.85. The van der Waals surface area contributed by atoms with E-state index in [1.807, 2.05) is 47.0 Å². The molecule has 0 spiro atoms. The molecule has 0 radical (unpaired) electrons. The minimum Gasteiger partial charge on any atom is -0.368 e. The predicted molar refractivity (Wildman–Crippen MR) is 116 cm³/mol. The summed E-state index contributed by atoms with van der Waals surface area (Å²) in [5.41, 5.74) is 4.90. The van der Waals surface area contributed by atoms with Crippen molar-refractivity contribution in [2.24, 2.45) is 0 Å². The van der Waals surface area contributed by atoms with Crippen LogP contribution in [0.25, 0.3) is 27.7 Å². The largest absolute Gasteiger partial charge is 0.368 e. The third kappa shape index (κ3) is 2.81. The smallest absolute Gasteiger partial charge is 0.254 e. The van der Waals surface area contributed by atoms with Gasteiger partial charge in [0.15, 0.2) is 5.65 Å². The Morgan fingerprint density at radius 2 is 1.90 bits per heavy atom.